The van der Waals surface area contributed by atoms with Crippen molar-refractivity contribution in [1.82, 2.24) is 14.6 Å². The first-order chi connectivity index (χ1) is 13.5. The molecule has 9 heteroatoms. The minimum absolute atomic E-state index is 0.246. The Hall–Kier alpha value is -3.30. The van der Waals surface area contributed by atoms with Crippen LogP contribution in [-0.2, 0) is 0 Å². The van der Waals surface area contributed by atoms with E-state index in [1.54, 1.807) is 24.3 Å². The van der Waals surface area contributed by atoms with E-state index >= 15 is 0 Å². The smallest absolute Gasteiger partial charge is 0.320 e. The Morgan fingerprint density at radius 2 is 2.07 bits per heavy atom. The van der Waals surface area contributed by atoms with Crippen molar-refractivity contribution in [2.24, 2.45) is 0 Å². The highest BCUT2D eigenvalue weighted by atomic mass is 32.1. The average molecular weight is 389 g/mol. The summed E-state index contributed by atoms with van der Waals surface area (Å²) < 4.78 is 3.97. The second-order valence-electron chi connectivity index (χ2n) is 6.38. The molecule has 4 N–H and O–H groups in total. The Kier molecular flexibility index (Phi) is 4.76. The molecule has 0 saturated heterocycles. The summed E-state index contributed by atoms with van der Waals surface area (Å²) in [6.45, 7) is 1.06. The molecule has 0 aliphatic heterocycles. The van der Waals surface area contributed by atoms with Crippen LogP contribution in [0.2, 0.25) is 6.82 Å². The Morgan fingerprint density at radius 1 is 1.21 bits per heavy atom. The summed E-state index contributed by atoms with van der Waals surface area (Å²) >= 11 is 1.22. The van der Waals surface area contributed by atoms with Gasteiger partial charge in [-0.05, 0) is 40.8 Å². The van der Waals surface area contributed by atoms with Gasteiger partial charge in [-0.25, -0.2) is 4.37 Å². The van der Waals surface area contributed by atoms with Gasteiger partial charge in [-0.15, -0.1) is 0 Å². The van der Waals surface area contributed by atoms with Gasteiger partial charge in [0.2, 0.25) is 0 Å². The van der Waals surface area contributed by atoms with Gasteiger partial charge >= 0.3 is 6.92 Å². The molecule has 0 saturated carbocycles. The zero-order chi connectivity index (χ0) is 19.7. The molecule has 4 aromatic rings. The molecule has 0 unspecified atom stereocenters. The van der Waals surface area contributed by atoms with Crippen LogP contribution in [0.1, 0.15) is 10.4 Å². The average Bonchev–Trinajstić information content (AvgIpc) is 3.23. The Bertz CT molecular complexity index is 1160. The largest absolute Gasteiger partial charge is 0.447 e. The lowest BCUT2D eigenvalue weighted by Gasteiger charge is -2.14. The first kappa shape index (κ1) is 18.1. The van der Waals surface area contributed by atoms with Crippen molar-refractivity contribution in [3.8, 4) is 11.1 Å². The minimum Gasteiger partial charge on any atom is -0.447 e. The first-order valence-electron chi connectivity index (χ1n) is 8.57. The summed E-state index contributed by atoms with van der Waals surface area (Å²) in [6, 6.07) is 11.1. The predicted molar refractivity (Wildman–Crippen MR) is 113 cm³/mol. The summed E-state index contributed by atoms with van der Waals surface area (Å²) in [5, 5.41) is 23.5. The fourth-order valence-electron chi connectivity index (χ4n) is 2.93. The van der Waals surface area contributed by atoms with Gasteiger partial charge in [-0.1, -0.05) is 25.0 Å². The number of hydrogen-bond donors (Lipinski definition) is 3. The van der Waals surface area contributed by atoms with Crippen LogP contribution in [0.4, 0.5) is 11.4 Å². The quantitative estimate of drug-likeness (QED) is 0.462. The lowest BCUT2D eigenvalue weighted by atomic mass is 9.64. The van der Waals surface area contributed by atoms with E-state index < -0.39 is 6.92 Å². The summed E-state index contributed by atoms with van der Waals surface area (Å²) in [7, 11) is 0. The van der Waals surface area contributed by atoms with Crippen molar-refractivity contribution in [3.63, 3.8) is 0 Å². The second kappa shape index (κ2) is 7.38. The molecule has 0 bridgehead atoms. The van der Waals surface area contributed by atoms with Gasteiger partial charge in [0.1, 0.15) is 0 Å². The van der Waals surface area contributed by atoms with Crippen molar-refractivity contribution in [3.05, 3.63) is 59.7 Å². The van der Waals surface area contributed by atoms with E-state index in [9.17, 15) is 9.82 Å². The van der Waals surface area contributed by atoms with Gasteiger partial charge in [0, 0.05) is 22.0 Å². The first-order valence-corrected chi connectivity index (χ1v) is 9.40. The molecule has 4 rings (SSSR count). The van der Waals surface area contributed by atoms with Crippen LogP contribution in [0.25, 0.3) is 22.0 Å². The topological polar surface area (TPSA) is 114 Å². The summed E-state index contributed by atoms with van der Waals surface area (Å²) in [5.41, 5.74) is 10.6. The van der Waals surface area contributed by atoms with E-state index in [0.717, 1.165) is 22.0 Å². The number of nitrogen functional groups attached to an aromatic ring is 1. The number of fused-ring (bicyclic) bond motifs is 1. The minimum atomic E-state index is -0.638. The molecular formula is C19H16BN5O2S. The third kappa shape index (κ3) is 3.45. The summed E-state index contributed by atoms with van der Waals surface area (Å²) in [6.07, 6.45) is 3.04. The summed E-state index contributed by atoms with van der Waals surface area (Å²) in [5.74, 6) is -0.246. The van der Waals surface area contributed by atoms with E-state index in [-0.39, 0.29) is 5.91 Å². The van der Waals surface area contributed by atoms with Crippen molar-refractivity contribution in [1.29, 1.82) is 0 Å². The van der Waals surface area contributed by atoms with Crippen molar-refractivity contribution < 1.29 is 9.82 Å². The molecule has 7 nitrogen and oxygen atoms in total. The number of aromatic nitrogens is 3. The number of anilines is 2. The third-order valence-corrected chi connectivity index (χ3v) is 5.04. The van der Waals surface area contributed by atoms with E-state index in [4.69, 9.17) is 5.73 Å². The number of carbonyl (C=O) groups is 1. The van der Waals surface area contributed by atoms with Gasteiger partial charge in [0.25, 0.3) is 5.91 Å². The van der Waals surface area contributed by atoms with E-state index in [1.807, 2.05) is 24.3 Å². The lowest BCUT2D eigenvalue weighted by molar-refractivity contribution is 0.102. The van der Waals surface area contributed by atoms with Crippen LogP contribution in [0.3, 0.4) is 0 Å². The monoisotopic (exact) mass is 389 g/mol. The molecule has 138 valence electrons. The number of benzene rings is 2. The van der Waals surface area contributed by atoms with Gasteiger partial charge in [0.15, 0.2) is 0 Å². The van der Waals surface area contributed by atoms with Crippen molar-refractivity contribution in [2.45, 2.75) is 6.82 Å². The van der Waals surface area contributed by atoms with Crippen LogP contribution in [0.5, 0.6) is 0 Å². The summed E-state index contributed by atoms with van der Waals surface area (Å²) in [4.78, 5) is 12.5. The molecule has 28 heavy (non-hydrogen) atoms. The number of hydrogen-bond acceptors (Lipinski definition) is 7. The highest BCUT2D eigenvalue weighted by Crippen LogP contribution is 2.31. The molecule has 0 aliphatic carbocycles. The lowest BCUT2D eigenvalue weighted by Crippen LogP contribution is -2.26. The third-order valence-electron chi connectivity index (χ3n) is 4.45. The number of amides is 1. The molecule has 2 aromatic heterocycles. The number of rotatable bonds is 4. The van der Waals surface area contributed by atoms with Crippen LogP contribution in [0, 0.1) is 0 Å². The molecule has 2 aromatic carbocycles. The molecular weight excluding hydrogens is 373 g/mol. The van der Waals surface area contributed by atoms with Gasteiger partial charge in [-0.3, -0.25) is 4.79 Å². The van der Waals surface area contributed by atoms with Crippen LogP contribution < -0.4 is 16.5 Å². The number of carbonyl (C=O) groups excluding carboxylic acids is 1. The Balaban J connectivity index is 1.81. The fourth-order valence-corrected chi connectivity index (χ4v) is 3.45. The molecule has 0 fully saturated rings. The predicted octanol–water partition coefficient (Wildman–Crippen LogP) is 2.41. The SMILES string of the molecule is CB(O)c1ccc(NC(=O)c2cnsc2)c(-c2ccc3c(N)cnnc3c2)c1. The van der Waals surface area contributed by atoms with Gasteiger partial charge in [-0.2, -0.15) is 10.2 Å². The standard InChI is InChI=1S/C19H16BN5O2S/c1-20(27)13-3-5-17(24-19(26)12-8-23-28-10-12)15(7-13)11-2-4-14-16(21)9-22-25-18(14)6-11/h2-10,27H,1H3,(H2,21,25)(H,24,26). The van der Waals surface area contributed by atoms with Crippen LogP contribution >= 0.6 is 11.5 Å². The van der Waals surface area contributed by atoms with E-state index in [0.29, 0.717) is 22.5 Å². The Labute approximate surface area is 165 Å². The molecule has 0 radical (unpaired) electrons. The second-order valence-corrected chi connectivity index (χ2v) is 7.04. The number of nitrogens with one attached hydrogen (secondary N) is 1. The van der Waals surface area contributed by atoms with Gasteiger partial charge < -0.3 is 16.1 Å². The molecule has 0 aliphatic rings. The van der Waals surface area contributed by atoms with E-state index in [1.165, 1.54) is 23.9 Å². The highest BCUT2D eigenvalue weighted by molar-refractivity contribution is 7.03. The van der Waals surface area contributed by atoms with Gasteiger partial charge in [0.05, 0.1) is 29.2 Å². The molecule has 0 spiro atoms. The maximum atomic E-state index is 12.5. The Morgan fingerprint density at radius 3 is 2.82 bits per heavy atom. The zero-order valence-electron chi connectivity index (χ0n) is 15.0. The maximum absolute atomic E-state index is 12.5. The normalized spacial score (nSPS) is 10.8. The van der Waals surface area contributed by atoms with E-state index in [2.05, 4.69) is 19.9 Å². The number of nitrogens with zero attached hydrogens (tertiary/aromatic N) is 3. The molecule has 0 atom stereocenters. The number of nitrogens with two attached hydrogens (primary N) is 1. The molecule has 1 amide bonds. The molecule has 2 heterocycles. The highest BCUT2D eigenvalue weighted by Gasteiger charge is 2.15. The zero-order valence-corrected chi connectivity index (χ0v) is 15.8. The maximum Gasteiger partial charge on any atom is 0.320 e. The van der Waals surface area contributed by atoms with Crippen molar-refractivity contribution >= 4 is 52.1 Å². The van der Waals surface area contributed by atoms with Crippen LogP contribution in [-0.4, -0.2) is 32.4 Å². The fraction of sp³-hybridized carbons (Fsp3) is 0.0526. The van der Waals surface area contributed by atoms with Crippen molar-refractivity contribution in [2.75, 3.05) is 11.1 Å². The van der Waals surface area contributed by atoms with Crippen LogP contribution in [0.15, 0.2) is 54.2 Å².